The first-order valence-corrected chi connectivity index (χ1v) is 8.56. The summed E-state index contributed by atoms with van der Waals surface area (Å²) in [5, 5.41) is 4.23. The van der Waals surface area contributed by atoms with E-state index in [4.69, 9.17) is 0 Å². The second-order valence-electron chi connectivity index (χ2n) is 6.47. The first-order valence-electron chi connectivity index (χ1n) is 8.56. The maximum Gasteiger partial charge on any atom is 0.270 e. The third-order valence-electron chi connectivity index (χ3n) is 4.12. The van der Waals surface area contributed by atoms with Crippen molar-refractivity contribution in [3.63, 3.8) is 0 Å². The number of Topliss-reactive ketones (excluding diaryl/α,β-unsaturated/α-hetero) is 1. The van der Waals surface area contributed by atoms with Gasteiger partial charge in [0, 0.05) is 30.3 Å². The number of carbonyl (C=O) groups excluding carboxylic acids is 1. The molecule has 2 heterocycles. The molecule has 3 aromatic rings. The normalized spacial score (nSPS) is 10.7. The Hall–Kier alpha value is -3.08. The van der Waals surface area contributed by atoms with E-state index in [9.17, 15) is 9.59 Å². The van der Waals surface area contributed by atoms with Gasteiger partial charge in [-0.2, -0.15) is 5.10 Å². The molecule has 0 aliphatic heterocycles. The molecule has 0 bridgehead atoms. The van der Waals surface area contributed by atoms with Gasteiger partial charge in [0.2, 0.25) is 0 Å². The molecule has 2 aromatic heterocycles. The van der Waals surface area contributed by atoms with E-state index in [1.807, 2.05) is 56.3 Å². The largest absolute Gasteiger partial charge is 0.297 e. The summed E-state index contributed by atoms with van der Waals surface area (Å²) in [6.07, 6.45) is 2.42. The van der Waals surface area contributed by atoms with Crippen LogP contribution in [0.5, 0.6) is 0 Å². The van der Waals surface area contributed by atoms with Crippen LogP contribution in [-0.4, -0.2) is 20.5 Å². The van der Waals surface area contributed by atoms with Gasteiger partial charge in [-0.15, -0.1) is 0 Å². The molecule has 0 spiro atoms. The van der Waals surface area contributed by atoms with Crippen LogP contribution in [0.2, 0.25) is 0 Å². The Labute approximate surface area is 152 Å². The van der Waals surface area contributed by atoms with E-state index in [1.54, 1.807) is 12.3 Å². The van der Waals surface area contributed by atoms with Crippen LogP contribution in [-0.2, 0) is 24.2 Å². The van der Waals surface area contributed by atoms with Gasteiger partial charge in [-0.3, -0.25) is 14.6 Å². The van der Waals surface area contributed by atoms with Gasteiger partial charge in [-0.05, 0) is 37.6 Å². The second-order valence-corrected chi connectivity index (χ2v) is 6.47. The highest BCUT2D eigenvalue weighted by molar-refractivity contribution is 5.80. The monoisotopic (exact) mass is 347 g/mol. The average Bonchev–Trinajstić information content (AvgIpc) is 2.62. The smallest absolute Gasteiger partial charge is 0.270 e. The Balaban J connectivity index is 1.78. The Kier molecular flexibility index (Phi) is 5.37. The number of pyridine rings is 1. The SMILES string of the molecule is Cc1ccc(CC(=O)Cn2nc(C)cc(Cc3ccccn3)c2=O)cc1. The fourth-order valence-corrected chi connectivity index (χ4v) is 2.83. The summed E-state index contributed by atoms with van der Waals surface area (Å²) in [6, 6.07) is 15.2. The van der Waals surface area contributed by atoms with Gasteiger partial charge in [0.15, 0.2) is 5.78 Å². The number of aryl methyl sites for hydroxylation is 2. The molecule has 0 saturated carbocycles. The van der Waals surface area contributed by atoms with Crippen molar-refractivity contribution in [1.29, 1.82) is 0 Å². The van der Waals surface area contributed by atoms with Crippen molar-refractivity contribution in [2.24, 2.45) is 0 Å². The lowest BCUT2D eigenvalue weighted by atomic mass is 10.1. The molecule has 0 unspecified atom stereocenters. The van der Waals surface area contributed by atoms with E-state index in [-0.39, 0.29) is 24.3 Å². The molecule has 5 nitrogen and oxygen atoms in total. The third-order valence-corrected chi connectivity index (χ3v) is 4.12. The predicted molar refractivity (Wildman–Crippen MR) is 100 cm³/mol. The van der Waals surface area contributed by atoms with Crippen LogP contribution >= 0.6 is 0 Å². The van der Waals surface area contributed by atoms with Gasteiger partial charge in [0.1, 0.15) is 6.54 Å². The number of hydrogen-bond acceptors (Lipinski definition) is 4. The Bertz CT molecular complexity index is 961. The zero-order chi connectivity index (χ0) is 18.5. The first kappa shape index (κ1) is 17.7. The van der Waals surface area contributed by atoms with Crippen LogP contribution in [0.1, 0.15) is 28.1 Å². The van der Waals surface area contributed by atoms with Crippen LogP contribution in [0.3, 0.4) is 0 Å². The minimum absolute atomic E-state index is 0.0242. The van der Waals surface area contributed by atoms with Crippen molar-refractivity contribution in [3.8, 4) is 0 Å². The highest BCUT2D eigenvalue weighted by Crippen LogP contribution is 2.06. The number of ketones is 1. The summed E-state index contributed by atoms with van der Waals surface area (Å²) >= 11 is 0. The van der Waals surface area contributed by atoms with E-state index in [1.165, 1.54) is 4.68 Å². The molecule has 0 aliphatic carbocycles. The molecule has 5 heteroatoms. The summed E-state index contributed by atoms with van der Waals surface area (Å²) in [4.78, 5) is 29.3. The maximum absolute atomic E-state index is 12.7. The van der Waals surface area contributed by atoms with E-state index < -0.39 is 0 Å². The molecular weight excluding hydrogens is 326 g/mol. The minimum Gasteiger partial charge on any atom is -0.297 e. The van der Waals surface area contributed by atoms with Crippen LogP contribution < -0.4 is 5.56 Å². The fraction of sp³-hybridized carbons (Fsp3) is 0.238. The molecule has 0 saturated heterocycles. The van der Waals surface area contributed by atoms with Gasteiger partial charge in [-0.1, -0.05) is 35.9 Å². The number of rotatable bonds is 6. The topological polar surface area (TPSA) is 64.8 Å². The first-order chi connectivity index (χ1) is 12.5. The summed E-state index contributed by atoms with van der Waals surface area (Å²) in [7, 11) is 0. The van der Waals surface area contributed by atoms with Crippen LogP contribution in [0.25, 0.3) is 0 Å². The lowest BCUT2D eigenvalue weighted by molar-refractivity contribution is -0.119. The number of hydrogen-bond donors (Lipinski definition) is 0. The molecule has 132 valence electrons. The molecule has 0 N–H and O–H groups in total. The van der Waals surface area contributed by atoms with E-state index in [0.717, 1.165) is 16.8 Å². The number of aromatic nitrogens is 3. The second kappa shape index (κ2) is 7.87. The zero-order valence-corrected chi connectivity index (χ0v) is 15.0. The van der Waals surface area contributed by atoms with Crippen molar-refractivity contribution in [2.45, 2.75) is 33.2 Å². The highest BCUT2D eigenvalue weighted by atomic mass is 16.1. The summed E-state index contributed by atoms with van der Waals surface area (Å²) in [5.41, 5.74) is 3.97. The Morgan fingerprint density at radius 1 is 1.08 bits per heavy atom. The van der Waals surface area contributed by atoms with Crippen molar-refractivity contribution >= 4 is 5.78 Å². The molecule has 0 atom stereocenters. The molecule has 0 amide bonds. The van der Waals surface area contributed by atoms with Crippen molar-refractivity contribution in [1.82, 2.24) is 14.8 Å². The standard InChI is InChI=1S/C21H21N3O2/c1-15-6-8-17(9-7-15)12-20(25)14-24-21(26)18(11-16(2)23-24)13-19-5-3-4-10-22-19/h3-11H,12-14H2,1-2H3. The lowest BCUT2D eigenvalue weighted by Gasteiger charge is -2.09. The van der Waals surface area contributed by atoms with Gasteiger partial charge in [0.25, 0.3) is 5.56 Å². The highest BCUT2D eigenvalue weighted by Gasteiger charge is 2.12. The van der Waals surface area contributed by atoms with E-state index in [0.29, 0.717) is 17.7 Å². The quantitative estimate of drug-likeness (QED) is 0.688. The fourth-order valence-electron chi connectivity index (χ4n) is 2.83. The predicted octanol–water partition coefficient (Wildman–Crippen LogP) is 2.66. The Morgan fingerprint density at radius 2 is 1.85 bits per heavy atom. The van der Waals surface area contributed by atoms with Crippen LogP contribution in [0.15, 0.2) is 59.5 Å². The molecule has 26 heavy (non-hydrogen) atoms. The zero-order valence-electron chi connectivity index (χ0n) is 15.0. The third kappa shape index (κ3) is 4.51. The molecule has 3 rings (SSSR count). The number of carbonyl (C=O) groups is 1. The average molecular weight is 347 g/mol. The van der Waals surface area contributed by atoms with Crippen LogP contribution in [0, 0.1) is 13.8 Å². The van der Waals surface area contributed by atoms with Gasteiger partial charge in [0.05, 0.1) is 5.69 Å². The van der Waals surface area contributed by atoms with Crippen molar-refractivity contribution in [3.05, 3.63) is 93.2 Å². The summed E-state index contributed by atoms with van der Waals surface area (Å²) in [5.74, 6) is -0.0437. The molecule has 0 fully saturated rings. The Morgan fingerprint density at radius 3 is 2.54 bits per heavy atom. The molecule has 0 radical (unpaired) electrons. The minimum atomic E-state index is -0.237. The molecular formula is C21H21N3O2. The summed E-state index contributed by atoms with van der Waals surface area (Å²) in [6.45, 7) is 3.80. The lowest BCUT2D eigenvalue weighted by Crippen LogP contribution is -2.30. The maximum atomic E-state index is 12.7. The summed E-state index contributed by atoms with van der Waals surface area (Å²) < 4.78 is 1.27. The van der Waals surface area contributed by atoms with Crippen LogP contribution in [0.4, 0.5) is 0 Å². The van der Waals surface area contributed by atoms with Gasteiger partial charge >= 0.3 is 0 Å². The molecule has 0 aliphatic rings. The van der Waals surface area contributed by atoms with Crippen molar-refractivity contribution < 1.29 is 4.79 Å². The van der Waals surface area contributed by atoms with Crippen molar-refractivity contribution in [2.75, 3.05) is 0 Å². The van der Waals surface area contributed by atoms with Gasteiger partial charge in [-0.25, -0.2) is 4.68 Å². The van der Waals surface area contributed by atoms with E-state index in [2.05, 4.69) is 10.1 Å². The van der Waals surface area contributed by atoms with Gasteiger partial charge < -0.3 is 0 Å². The number of nitrogens with zero attached hydrogens (tertiary/aromatic N) is 3. The molecule has 1 aromatic carbocycles. The number of benzene rings is 1. The van der Waals surface area contributed by atoms with E-state index >= 15 is 0 Å².